The van der Waals surface area contributed by atoms with Crippen LogP contribution in [0.25, 0.3) is 0 Å². The monoisotopic (exact) mass is 245 g/mol. The van der Waals surface area contributed by atoms with Crippen LogP contribution < -0.4 is 9.47 Å². The van der Waals surface area contributed by atoms with Gasteiger partial charge in [-0.1, -0.05) is 6.07 Å². The fourth-order valence-electron chi connectivity index (χ4n) is 1.39. The summed E-state index contributed by atoms with van der Waals surface area (Å²) >= 11 is 1.64. The summed E-state index contributed by atoms with van der Waals surface area (Å²) in [6.07, 6.45) is 0. The zero-order chi connectivity index (χ0) is 12.1. The molecule has 0 saturated heterocycles. The lowest BCUT2D eigenvalue weighted by atomic mass is 10.2. The Morgan fingerprint density at radius 2 is 2.12 bits per heavy atom. The average Bonchev–Trinajstić information content (AvgIpc) is 2.89. The normalized spacial score (nSPS) is 9.65. The molecule has 0 spiro atoms. The van der Waals surface area contributed by atoms with Crippen LogP contribution in [0.4, 0.5) is 0 Å². The van der Waals surface area contributed by atoms with Crippen LogP contribution in [-0.4, -0.2) is 7.11 Å². The van der Waals surface area contributed by atoms with Crippen LogP contribution in [-0.2, 0) is 6.61 Å². The predicted molar refractivity (Wildman–Crippen MR) is 66.4 cm³/mol. The molecule has 0 fully saturated rings. The zero-order valence-corrected chi connectivity index (χ0v) is 10.2. The summed E-state index contributed by atoms with van der Waals surface area (Å²) in [5.74, 6) is 1.28. The first-order chi connectivity index (χ1) is 8.31. The van der Waals surface area contributed by atoms with Gasteiger partial charge < -0.3 is 9.47 Å². The molecule has 0 amide bonds. The van der Waals surface area contributed by atoms with Crippen molar-refractivity contribution in [2.45, 2.75) is 6.61 Å². The third kappa shape index (κ3) is 2.99. The number of hydrogen-bond acceptors (Lipinski definition) is 4. The van der Waals surface area contributed by atoms with E-state index >= 15 is 0 Å². The molecule has 3 nitrogen and oxygen atoms in total. The van der Waals surface area contributed by atoms with Gasteiger partial charge in [-0.05, 0) is 23.6 Å². The fraction of sp³-hybridized carbons (Fsp3) is 0.154. The van der Waals surface area contributed by atoms with Crippen molar-refractivity contribution in [3.05, 3.63) is 46.2 Å². The quantitative estimate of drug-likeness (QED) is 0.830. The Morgan fingerprint density at radius 3 is 2.76 bits per heavy atom. The van der Waals surface area contributed by atoms with Crippen molar-refractivity contribution in [3.63, 3.8) is 0 Å². The molecule has 0 radical (unpaired) electrons. The van der Waals surface area contributed by atoms with E-state index in [1.54, 1.807) is 36.6 Å². The molecule has 0 aliphatic carbocycles. The van der Waals surface area contributed by atoms with Crippen LogP contribution in [0.5, 0.6) is 11.5 Å². The molecule has 0 unspecified atom stereocenters. The van der Waals surface area contributed by atoms with Crippen molar-refractivity contribution in [2.24, 2.45) is 0 Å². The van der Waals surface area contributed by atoms with Crippen LogP contribution in [0.1, 0.15) is 10.4 Å². The second-order valence-corrected chi connectivity index (χ2v) is 4.41. The minimum Gasteiger partial charge on any atom is -0.497 e. The highest BCUT2D eigenvalue weighted by molar-refractivity contribution is 7.09. The Balaban J connectivity index is 2.12. The van der Waals surface area contributed by atoms with E-state index in [4.69, 9.17) is 14.7 Å². The molecule has 1 aromatic carbocycles. The average molecular weight is 245 g/mol. The molecule has 0 aliphatic heterocycles. The summed E-state index contributed by atoms with van der Waals surface area (Å²) in [7, 11) is 1.57. The molecule has 2 rings (SSSR count). The summed E-state index contributed by atoms with van der Waals surface area (Å²) in [5, 5.41) is 10.9. The van der Waals surface area contributed by atoms with Gasteiger partial charge in [0.15, 0.2) is 0 Å². The van der Waals surface area contributed by atoms with Gasteiger partial charge >= 0.3 is 0 Å². The van der Waals surface area contributed by atoms with Gasteiger partial charge in [-0.25, -0.2) is 0 Å². The number of hydrogen-bond donors (Lipinski definition) is 0. The molecule has 86 valence electrons. The second kappa shape index (κ2) is 5.37. The minimum atomic E-state index is 0.510. The SMILES string of the molecule is COc1cc(C#N)cc(OCc2cccs2)c1. The van der Waals surface area contributed by atoms with E-state index in [1.807, 2.05) is 17.5 Å². The van der Waals surface area contributed by atoms with Gasteiger partial charge in [0.25, 0.3) is 0 Å². The Hall–Kier alpha value is -1.99. The van der Waals surface area contributed by atoms with Gasteiger partial charge in [0, 0.05) is 10.9 Å². The fourth-order valence-corrected chi connectivity index (χ4v) is 2.00. The summed E-state index contributed by atoms with van der Waals surface area (Å²) < 4.78 is 10.7. The van der Waals surface area contributed by atoms with Crippen molar-refractivity contribution in [1.29, 1.82) is 5.26 Å². The largest absolute Gasteiger partial charge is 0.497 e. The molecular formula is C13H11NO2S. The van der Waals surface area contributed by atoms with Gasteiger partial charge in [0.05, 0.1) is 18.7 Å². The first kappa shape index (κ1) is 11.5. The summed E-state index contributed by atoms with van der Waals surface area (Å²) in [6, 6.07) is 11.2. The third-order valence-electron chi connectivity index (χ3n) is 2.21. The number of benzene rings is 1. The summed E-state index contributed by atoms with van der Waals surface area (Å²) in [5.41, 5.74) is 0.533. The van der Waals surface area contributed by atoms with Crippen molar-refractivity contribution < 1.29 is 9.47 Å². The van der Waals surface area contributed by atoms with E-state index in [0.717, 1.165) is 4.88 Å². The van der Waals surface area contributed by atoms with Crippen LogP contribution in [0, 0.1) is 11.3 Å². The number of nitrogens with zero attached hydrogens (tertiary/aromatic N) is 1. The molecule has 2 aromatic rings. The molecule has 0 saturated carbocycles. The maximum absolute atomic E-state index is 8.88. The third-order valence-corrected chi connectivity index (χ3v) is 3.06. The molecule has 1 heterocycles. The van der Waals surface area contributed by atoms with E-state index in [-0.39, 0.29) is 0 Å². The highest BCUT2D eigenvalue weighted by atomic mass is 32.1. The van der Waals surface area contributed by atoms with E-state index < -0.39 is 0 Å². The van der Waals surface area contributed by atoms with E-state index in [9.17, 15) is 0 Å². The first-order valence-corrected chi connectivity index (χ1v) is 5.94. The predicted octanol–water partition coefficient (Wildman–Crippen LogP) is 3.21. The lowest BCUT2D eigenvalue weighted by Gasteiger charge is -2.07. The highest BCUT2D eigenvalue weighted by Crippen LogP contribution is 2.23. The maximum atomic E-state index is 8.88. The Morgan fingerprint density at radius 1 is 1.29 bits per heavy atom. The van der Waals surface area contributed by atoms with E-state index in [2.05, 4.69) is 6.07 Å². The smallest absolute Gasteiger partial charge is 0.124 e. The van der Waals surface area contributed by atoms with E-state index in [0.29, 0.717) is 23.7 Å². The zero-order valence-electron chi connectivity index (χ0n) is 9.34. The van der Waals surface area contributed by atoms with Gasteiger partial charge in [0.1, 0.15) is 18.1 Å². The maximum Gasteiger partial charge on any atom is 0.124 e. The van der Waals surface area contributed by atoms with Crippen molar-refractivity contribution in [2.75, 3.05) is 7.11 Å². The topological polar surface area (TPSA) is 42.2 Å². The van der Waals surface area contributed by atoms with Crippen molar-refractivity contribution >= 4 is 11.3 Å². The van der Waals surface area contributed by atoms with Crippen LogP contribution in [0.3, 0.4) is 0 Å². The molecular weight excluding hydrogens is 234 g/mol. The standard InChI is InChI=1S/C13H11NO2S/c1-15-11-5-10(8-14)6-12(7-11)16-9-13-3-2-4-17-13/h2-7H,9H2,1H3. The minimum absolute atomic E-state index is 0.510. The lowest BCUT2D eigenvalue weighted by Crippen LogP contribution is -1.94. The second-order valence-electron chi connectivity index (χ2n) is 3.38. The summed E-state index contributed by atoms with van der Waals surface area (Å²) in [4.78, 5) is 1.14. The molecule has 0 N–H and O–H groups in total. The molecule has 0 bridgehead atoms. The number of methoxy groups -OCH3 is 1. The van der Waals surface area contributed by atoms with Crippen LogP contribution in [0.15, 0.2) is 35.7 Å². The Labute approximate surface area is 104 Å². The molecule has 4 heteroatoms. The van der Waals surface area contributed by atoms with Gasteiger partial charge in [-0.2, -0.15) is 5.26 Å². The number of nitriles is 1. The lowest BCUT2D eigenvalue weighted by molar-refractivity contribution is 0.307. The highest BCUT2D eigenvalue weighted by Gasteiger charge is 2.03. The molecule has 1 aromatic heterocycles. The molecule has 0 atom stereocenters. The Kier molecular flexibility index (Phi) is 3.63. The van der Waals surface area contributed by atoms with E-state index in [1.165, 1.54) is 0 Å². The van der Waals surface area contributed by atoms with Crippen LogP contribution in [0.2, 0.25) is 0 Å². The summed E-state index contributed by atoms with van der Waals surface area (Å²) in [6.45, 7) is 0.510. The van der Waals surface area contributed by atoms with Crippen molar-refractivity contribution in [3.8, 4) is 17.6 Å². The number of rotatable bonds is 4. The van der Waals surface area contributed by atoms with Crippen LogP contribution >= 0.6 is 11.3 Å². The van der Waals surface area contributed by atoms with Gasteiger partial charge in [0.2, 0.25) is 0 Å². The Bertz CT molecular complexity index is 529. The first-order valence-electron chi connectivity index (χ1n) is 5.06. The van der Waals surface area contributed by atoms with Crippen molar-refractivity contribution in [1.82, 2.24) is 0 Å². The van der Waals surface area contributed by atoms with Gasteiger partial charge in [-0.3, -0.25) is 0 Å². The van der Waals surface area contributed by atoms with Gasteiger partial charge in [-0.15, -0.1) is 11.3 Å². The number of thiophene rings is 1. The molecule has 17 heavy (non-hydrogen) atoms. The number of ether oxygens (including phenoxy) is 2. The molecule has 0 aliphatic rings.